The number of carbonyl (C=O) groups excluding carboxylic acids is 3. The summed E-state index contributed by atoms with van der Waals surface area (Å²) in [5.74, 6) is -1.22. The Morgan fingerprint density at radius 1 is 1.35 bits per heavy atom. The van der Waals surface area contributed by atoms with Crippen LogP contribution in [-0.2, 0) is 15.1 Å². The quantitative estimate of drug-likeness (QED) is 0.811. The minimum atomic E-state index is -1.17. The van der Waals surface area contributed by atoms with Gasteiger partial charge < -0.3 is 11.1 Å². The zero-order valence-electron chi connectivity index (χ0n) is 10.9. The Bertz CT molecular complexity index is 573. The highest BCUT2D eigenvalue weighted by Crippen LogP contribution is 2.32. The van der Waals surface area contributed by atoms with Gasteiger partial charge in [-0.2, -0.15) is 0 Å². The minimum absolute atomic E-state index is 0.356. The summed E-state index contributed by atoms with van der Waals surface area (Å²) in [6.07, 6.45) is 0.356. The summed E-state index contributed by atoms with van der Waals surface area (Å²) in [6.45, 7) is 1.35. The third-order valence-corrected chi connectivity index (χ3v) is 3.61. The van der Waals surface area contributed by atoms with Crippen LogP contribution in [0.5, 0.6) is 0 Å². The highest BCUT2D eigenvalue weighted by molar-refractivity contribution is 6.30. The average molecular weight is 296 g/mol. The molecule has 0 radical (unpaired) electrons. The van der Waals surface area contributed by atoms with Crippen LogP contribution in [0.1, 0.15) is 18.9 Å². The maximum absolute atomic E-state index is 12.5. The van der Waals surface area contributed by atoms with Gasteiger partial charge in [0.25, 0.3) is 5.91 Å². The van der Waals surface area contributed by atoms with Crippen molar-refractivity contribution in [3.63, 3.8) is 0 Å². The van der Waals surface area contributed by atoms with Crippen molar-refractivity contribution in [2.75, 3.05) is 6.54 Å². The third-order valence-electron chi connectivity index (χ3n) is 3.36. The lowest BCUT2D eigenvalue weighted by molar-refractivity contribution is -0.134. The Labute approximate surface area is 120 Å². The van der Waals surface area contributed by atoms with Crippen LogP contribution in [0.2, 0.25) is 5.02 Å². The van der Waals surface area contributed by atoms with E-state index in [2.05, 4.69) is 5.32 Å². The third kappa shape index (κ3) is 2.22. The maximum Gasteiger partial charge on any atom is 0.325 e. The zero-order chi connectivity index (χ0) is 14.9. The molecule has 1 saturated heterocycles. The van der Waals surface area contributed by atoms with E-state index in [1.807, 2.05) is 0 Å². The Hall–Kier alpha value is -2.08. The second kappa shape index (κ2) is 5.13. The smallest absolute Gasteiger partial charge is 0.325 e. The molecule has 1 heterocycles. The lowest BCUT2D eigenvalue weighted by Crippen LogP contribution is -2.44. The second-order valence-electron chi connectivity index (χ2n) is 4.55. The van der Waals surface area contributed by atoms with Gasteiger partial charge in [0, 0.05) is 5.02 Å². The number of carbonyl (C=O) groups is 3. The van der Waals surface area contributed by atoms with E-state index < -0.39 is 29.9 Å². The summed E-state index contributed by atoms with van der Waals surface area (Å²) in [5.41, 5.74) is 4.51. The summed E-state index contributed by atoms with van der Waals surface area (Å²) in [5, 5.41) is 3.18. The van der Waals surface area contributed by atoms with Gasteiger partial charge in [-0.25, -0.2) is 4.79 Å². The number of halogens is 1. The number of amides is 4. The van der Waals surface area contributed by atoms with Gasteiger partial charge in [0.05, 0.1) is 0 Å². The molecule has 0 bridgehead atoms. The van der Waals surface area contributed by atoms with E-state index in [0.29, 0.717) is 17.0 Å². The van der Waals surface area contributed by atoms with Crippen molar-refractivity contribution in [1.29, 1.82) is 0 Å². The van der Waals surface area contributed by atoms with Crippen LogP contribution in [0, 0.1) is 0 Å². The average Bonchev–Trinajstić information content (AvgIpc) is 2.64. The van der Waals surface area contributed by atoms with Crippen molar-refractivity contribution in [3.8, 4) is 0 Å². The zero-order valence-corrected chi connectivity index (χ0v) is 11.6. The Balaban J connectivity index is 2.42. The fourth-order valence-electron chi connectivity index (χ4n) is 2.30. The molecule has 1 aromatic carbocycles. The van der Waals surface area contributed by atoms with Crippen LogP contribution in [0.3, 0.4) is 0 Å². The van der Waals surface area contributed by atoms with Gasteiger partial charge in [0.15, 0.2) is 0 Å². The molecule has 6 nitrogen and oxygen atoms in total. The fourth-order valence-corrected chi connectivity index (χ4v) is 2.43. The van der Waals surface area contributed by atoms with Gasteiger partial charge in [0.2, 0.25) is 5.91 Å². The number of nitrogens with zero attached hydrogens (tertiary/aromatic N) is 1. The number of hydrogen-bond acceptors (Lipinski definition) is 3. The first-order valence-electron chi connectivity index (χ1n) is 6.09. The number of primary amides is 1. The molecule has 1 aliphatic heterocycles. The minimum Gasteiger partial charge on any atom is -0.368 e. The predicted octanol–water partition coefficient (Wildman–Crippen LogP) is 0.982. The number of hydrogen-bond donors (Lipinski definition) is 2. The van der Waals surface area contributed by atoms with Crippen molar-refractivity contribution in [2.45, 2.75) is 18.9 Å². The van der Waals surface area contributed by atoms with Crippen molar-refractivity contribution >= 4 is 29.4 Å². The summed E-state index contributed by atoms with van der Waals surface area (Å²) < 4.78 is 0. The summed E-state index contributed by atoms with van der Waals surface area (Å²) in [7, 11) is 0. The van der Waals surface area contributed by atoms with E-state index in [9.17, 15) is 14.4 Å². The molecular formula is C13H14ClN3O3. The molecule has 1 aromatic rings. The standard InChI is InChI=1S/C13H14ClN3O3/c1-2-13(8-3-5-9(14)6-4-8)11(19)17(7-10(15)18)12(20)16-13/h3-6H,2,7H2,1H3,(H2,15,18)(H,16,20). The molecule has 2 rings (SSSR count). The molecular weight excluding hydrogens is 282 g/mol. The lowest BCUT2D eigenvalue weighted by atomic mass is 9.87. The van der Waals surface area contributed by atoms with E-state index in [0.717, 1.165) is 4.90 Å². The molecule has 1 atom stereocenters. The van der Waals surface area contributed by atoms with Crippen LogP contribution < -0.4 is 11.1 Å². The SMILES string of the molecule is CCC1(c2ccc(Cl)cc2)NC(=O)N(CC(N)=O)C1=O. The highest BCUT2D eigenvalue weighted by atomic mass is 35.5. The monoisotopic (exact) mass is 295 g/mol. The number of nitrogens with two attached hydrogens (primary N) is 1. The van der Waals surface area contributed by atoms with Crippen LogP contribution in [-0.4, -0.2) is 29.3 Å². The molecule has 106 valence electrons. The topological polar surface area (TPSA) is 92.5 Å². The highest BCUT2D eigenvalue weighted by Gasteiger charge is 2.51. The Kier molecular flexibility index (Phi) is 3.67. The van der Waals surface area contributed by atoms with E-state index in [4.69, 9.17) is 17.3 Å². The Morgan fingerprint density at radius 2 is 1.95 bits per heavy atom. The summed E-state index contributed by atoms with van der Waals surface area (Å²) >= 11 is 5.83. The first kappa shape index (κ1) is 14.3. The second-order valence-corrected chi connectivity index (χ2v) is 4.99. The van der Waals surface area contributed by atoms with Crippen LogP contribution in [0.15, 0.2) is 24.3 Å². The molecule has 1 aliphatic rings. The molecule has 20 heavy (non-hydrogen) atoms. The largest absolute Gasteiger partial charge is 0.368 e. The predicted molar refractivity (Wildman–Crippen MR) is 72.9 cm³/mol. The normalized spacial score (nSPS) is 22.0. The maximum atomic E-state index is 12.5. The molecule has 0 saturated carbocycles. The van der Waals surface area contributed by atoms with Crippen LogP contribution in [0.25, 0.3) is 0 Å². The van der Waals surface area contributed by atoms with Gasteiger partial charge in [-0.1, -0.05) is 30.7 Å². The van der Waals surface area contributed by atoms with Crippen molar-refractivity contribution in [3.05, 3.63) is 34.9 Å². The molecule has 0 spiro atoms. The van der Waals surface area contributed by atoms with E-state index in [1.165, 1.54) is 0 Å². The number of nitrogens with one attached hydrogen (secondary N) is 1. The molecule has 1 fully saturated rings. The first-order valence-corrected chi connectivity index (χ1v) is 6.47. The van der Waals surface area contributed by atoms with Gasteiger partial charge in [-0.3, -0.25) is 14.5 Å². The van der Waals surface area contributed by atoms with Gasteiger partial charge >= 0.3 is 6.03 Å². The van der Waals surface area contributed by atoms with Crippen molar-refractivity contribution in [1.82, 2.24) is 10.2 Å². The van der Waals surface area contributed by atoms with Gasteiger partial charge in [0.1, 0.15) is 12.1 Å². The lowest BCUT2D eigenvalue weighted by Gasteiger charge is -2.25. The number of imide groups is 1. The van der Waals surface area contributed by atoms with Crippen LogP contribution in [0.4, 0.5) is 4.79 Å². The van der Waals surface area contributed by atoms with Crippen molar-refractivity contribution < 1.29 is 14.4 Å². The molecule has 0 aromatic heterocycles. The van der Waals surface area contributed by atoms with E-state index in [-0.39, 0.29) is 0 Å². The molecule has 3 N–H and O–H groups in total. The summed E-state index contributed by atoms with van der Waals surface area (Å²) in [6, 6.07) is 6.02. The number of urea groups is 1. The molecule has 0 aliphatic carbocycles. The number of benzene rings is 1. The molecule has 4 amide bonds. The van der Waals surface area contributed by atoms with Crippen LogP contribution >= 0.6 is 11.6 Å². The van der Waals surface area contributed by atoms with E-state index >= 15 is 0 Å². The van der Waals surface area contributed by atoms with E-state index in [1.54, 1.807) is 31.2 Å². The Morgan fingerprint density at radius 3 is 2.45 bits per heavy atom. The fraction of sp³-hybridized carbons (Fsp3) is 0.308. The molecule has 1 unspecified atom stereocenters. The number of rotatable bonds is 4. The van der Waals surface area contributed by atoms with Gasteiger partial charge in [-0.15, -0.1) is 0 Å². The molecule has 7 heteroatoms. The first-order chi connectivity index (χ1) is 9.40. The van der Waals surface area contributed by atoms with Gasteiger partial charge in [-0.05, 0) is 24.1 Å². The van der Waals surface area contributed by atoms with Crippen molar-refractivity contribution in [2.24, 2.45) is 5.73 Å². The summed E-state index contributed by atoms with van der Waals surface area (Å²) in [4.78, 5) is 36.2.